The lowest BCUT2D eigenvalue weighted by Crippen LogP contribution is -2.52. The molecule has 12 heteroatoms. The van der Waals surface area contributed by atoms with Crippen LogP contribution in [0.5, 0.6) is 11.6 Å². The van der Waals surface area contributed by atoms with E-state index >= 15 is 0 Å². The molecule has 3 aromatic rings. The van der Waals surface area contributed by atoms with Gasteiger partial charge in [-0.3, -0.25) is 19.4 Å². The summed E-state index contributed by atoms with van der Waals surface area (Å²) < 4.78 is 10.6. The van der Waals surface area contributed by atoms with Crippen LogP contribution >= 0.6 is 0 Å². The van der Waals surface area contributed by atoms with Crippen LogP contribution in [0.4, 0.5) is 5.69 Å². The van der Waals surface area contributed by atoms with Gasteiger partial charge in [0, 0.05) is 44.5 Å². The van der Waals surface area contributed by atoms with Crippen LogP contribution < -0.4 is 14.8 Å². The molecule has 190 valence electrons. The predicted molar refractivity (Wildman–Crippen MR) is 131 cm³/mol. The molecular weight excluding hydrogens is 478 g/mol. The molecule has 0 saturated carbocycles. The minimum absolute atomic E-state index is 0.195. The zero-order valence-corrected chi connectivity index (χ0v) is 20.4. The number of pyridine rings is 2. The van der Waals surface area contributed by atoms with E-state index in [1.165, 1.54) is 37.7 Å². The summed E-state index contributed by atoms with van der Waals surface area (Å²) in [5.41, 5.74) is 2.48. The summed E-state index contributed by atoms with van der Waals surface area (Å²) in [6.07, 6.45) is 6.09. The van der Waals surface area contributed by atoms with E-state index in [-0.39, 0.29) is 25.5 Å². The molecule has 1 N–H and O–H groups in total. The van der Waals surface area contributed by atoms with E-state index < -0.39 is 17.6 Å². The number of anilines is 1. The molecule has 1 atom stereocenters. The molecule has 0 radical (unpaired) electrons. The third-order valence-electron chi connectivity index (χ3n) is 6.48. The summed E-state index contributed by atoms with van der Waals surface area (Å²) in [4.78, 5) is 59.5. The number of fused-ring (bicyclic) bond motifs is 1. The van der Waals surface area contributed by atoms with E-state index in [4.69, 9.17) is 9.47 Å². The maximum atomic E-state index is 13.4. The van der Waals surface area contributed by atoms with Gasteiger partial charge in [-0.1, -0.05) is 6.07 Å². The van der Waals surface area contributed by atoms with Crippen molar-refractivity contribution < 1.29 is 23.9 Å². The highest BCUT2D eigenvalue weighted by atomic mass is 16.5. The molecule has 1 saturated heterocycles. The first kappa shape index (κ1) is 24.1. The van der Waals surface area contributed by atoms with E-state index in [1.54, 1.807) is 29.3 Å². The lowest BCUT2D eigenvalue weighted by atomic mass is 9.94. The molecule has 3 aromatic heterocycles. The Morgan fingerprint density at radius 2 is 1.70 bits per heavy atom. The van der Waals surface area contributed by atoms with Crippen molar-refractivity contribution >= 4 is 23.3 Å². The number of methoxy groups -OCH3 is 2. The van der Waals surface area contributed by atoms with Crippen LogP contribution in [-0.4, -0.2) is 94.3 Å². The normalized spacial score (nSPS) is 16.5. The minimum Gasteiger partial charge on any atom is -0.495 e. The molecule has 0 bridgehead atoms. The minimum atomic E-state index is -0.751. The molecular formula is C25H25N7O5. The Labute approximate surface area is 212 Å². The Morgan fingerprint density at radius 1 is 0.919 bits per heavy atom. The number of carbonyl (C=O) groups is 3. The summed E-state index contributed by atoms with van der Waals surface area (Å²) in [5.74, 6) is -1.32. The van der Waals surface area contributed by atoms with Gasteiger partial charge in [0.1, 0.15) is 22.8 Å². The maximum Gasteiger partial charge on any atom is 0.290 e. The highest BCUT2D eigenvalue weighted by molar-refractivity contribution is 6.38. The third-order valence-corrected chi connectivity index (χ3v) is 6.48. The number of ether oxygens (including phenoxy) is 2. The van der Waals surface area contributed by atoms with Crippen molar-refractivity contribution in [2.24, 2.45) is 0 Å². The second-order valence-electron chi connectivity index (χ2n) is 8.50. The highest BCUT2D eigenvalue weighted by Crippen LogP contribution is 2.43. The summed E-state index contributed by atoms with van der Waals surface area (Å²) >= 11 is 0. The molecule has 1 unspecified atom stereocenters. The molecule has 5 heterocycles. The number of rotatable bonds is 6. The zero-order valence-electron chi connectivity index (χ0n) is 20.4. The predicted octanol–water partition coefficient (Wildman–Crippen LogP) is 1.01. The Balaban J connectivity index is 1.32. The first-order chi connectivity index (χ1) is 18.0. The van der Waals surface area contributed by atoms with Gasteiger partial charge in [-0.25, -0.2) is 15.0 Å². The second kappa shape index (κ2) is 10.2. The Kier molecular flexibility index (Phi) is 6.62. The molecule has 0 spiro atoms. The topological polar surface area (TPSA) is 140 Å². The monoisotopic (exact) mass is 503 g/mol. The van der Waals surface area contributed by atoms with Gasteiger partial charge in [0.2, 0.25) is 11.7 Å². The summed E-state index contributed by atoms with van der Waals surface area (Å²) in [5, 5.41) is 3.21. The van der Waals surface area contributed by atoms with Gasteiger partial charge in [0.15, 0.2) is 0 Å². The van der Waals surface area contributed by atoms with E-state index in [0.717, 1.165) is 0 Å². The molecule has 1 fully saturated rings. The van der Waals surface area contributed by atoms with Crippen molar-refractivity contribution in [2.45, 2.75) is 5.92 Å². The number of amides is 2. The van der Waals surface area contributed by atoms with Crippen molar-refractivity contribution in [3.05, 3.63) is 54.2 Å². The van der Waals surface area contributed by atoms with Crippen molar-refractivity contribution in [1.82, 2.24) is 29.7 Å². The molecule has 2 aliphatic heterocycles. The van der Waals surface area contributed by atoms with E-state index in [9.17, 15) is 14.4 Å². The lowest BCUT2D eigenvalue weighted by Gasteiger charge is -2.34. The number of carbonyl (C=O) groups excluding carboxylic acids is 3. The number of nitrogens with zero attached hydrogens (tertiary/aromatic N) is 6. The molecule has 0 aliphatic carbocycles. The van der Waals surface area contributed by atoms with Crippen molar-refractivity contribution in [2.75, 3.05) is 52.3 Å². The van der Waals surface area contributed by atoms with E-state index in [2.05, 4.69) is 25.3 Å². The molecule has 0 aromatic carbocycles. The fourth-order valence-corrected chi connectivity index (χ4v) is 4.53. The number of aromatic nitrogens is 4. The average Bonchev–Trinajstić information content (AvgIpc) is 3.41. The van der Waals surface area contributed by atoms with Gasteiger partial charge in [-0.15, -0.1) is 0 Å². The number of nitrogens with one attached hydrogen (secondary N) is 1. The second-order valence-corrected chi connectivity index (χ2v) is 8.50. The lowest BCUT2D eigenvalue weighted by molar-refractivity contribution is -0.146. The number of ketones is 1. The Morgan fingerprint density at radius 3 is 2.35 bits per heavy atom. The Bertz CT molecular complexity index is 1330. The number of hydrogen-bond acceptors (Lipinski definition) is 10. The van der Waals surface area contributed by atoms with Crippen molar-refractivity contribution in [1.29, 1.82) is 0 Å². The average molecular weight is 504 g/mol. The van der Waals surface area contributed by atoms with Gasteiger partial charge in [0.05, 0.1) is 44.4 Å². The fraction of sp³-hybridized carbons (Fsp3) is 0.320. The summed E-state index contributed by atoms with van der Waals surface area (Å²) in [7, 11) is 2.99. The van der Waals surface area contributed by atoms with Gasteiger partial charge in [-0.05, 0) is 12.1 Å². The molecule has 5 rings (SSSR count). The van der Waals surface area contributed by atoms with Crippen LogP contribution in [-0.2, 0) is 9.59 Å². The first-order valence-electron chi connectivity index (χ1n) is 11.7. The zero-order chi connectivity index (χ0) is 25.9. The van der Waals surface area contributed by atoms with Gasteiger partial charge < -0.3 is 24.6 Å². The van der Waals surface area contributed by atoms with Crippen LogP contribution in [0, 0.1) is 0 Å². The van der Waals surface area contributed by atoms with E-state index in [0.29, 0.717) is 53.1 Å². The summed E-state index contributed by atoms with van der Waals surface area (Å²) in [6.45, 7) is 1.38. The van der Waals surface area contributed by atoms with Crippen LogP contribution in [0.2, 0.25) is 0 Å². The fourth-order valence-electron chi connectivity index (χ4n) is 4.53. The highest BCUT2D eigenvalue weighted by Gasteiger charge is 2.40. The summed E-state index contributed by atoms with van der Waals surface area (Å²) in [6, 6.07) is 5.15. The molecule has 12 nitrogen and oxygen atoms in total. The number of piperazine rings is 1. The number of hydrogen-bond donors (Lipinski definition) is 1. The smallest absolute Gasteiger partial charge is 0.290 e. The molecule has 37 heavy (non-hydrogen) atoms. The SMILES string of the molecule is COc1cnc(-c2ncc(OC)c3c2NCC3C(=O)C(=O)N2CCN(C(=O)c3ccccn3)CC2)cn1. The van der Waals surface area contributed by atoms with Gasteiger partial charge in [-0.2, -0.15) is 0 Å². The van der Waals surface area contributed by atoms with Crippen LogP contribution in [0.15, 0.2) is 43.0 Å². The third kappa shape index (κ3) is 4.53. The molecule has 2 amide bonds. The van der Waals surface area contributed by atoms with Crippen LogP contribution in [0.3, 0.4) is 0 Å². The molecule has 2 aliphatic rings. The van der Waals surface area contributed by atoms with Crippen molar-refractivity contribution in [3.8, 4) is 23.0 Å². The van der Waals surface area contributed by atoms with Crippen molar-refractivity contribution in [3.63, 3.8) is 0 Å². The van der Waals surface area contributed by atoms with E-state index in [1.807, 2.05) is 0 Å². The van der Waals surface area contributed by atoms with Crippen LogP contribution in [0.25, 0.3) is 11.4 Å². The largest absolute Gasteiger partial charge is 0.495 e. The van der Waals surface area contributed by atoms with Gasteiger partial charge >= 0.3 is 0 Å². The van der Waals surface area contributed by atoms with Gasteiger partial charge in [0.25, 0.3) is 11.8 Å². The number of Topliss-reactive ketones (excluding diaryl/α,β-unsaturated/α-hetero) is 1. The van der Waals surface area contributed by atoms with Crippen LogP contribution in [0.1, 0.15) is 22.0 Å². The first-order valence-corrected chi connectivity index (χ1v) is 11.7. The standard InChI is InChI=1S/C25H25N7O5/c1-36-18-13-30-21(17-12-28-19(37-2)14-27-17)22-20(18)15(11-29-22)23(33)25(35)32-9-7-31(8-10-32)24(34)16-5-3-4-6-26-16/h3-6,12-15,29H,7-11H2,1-2H3. The quantitative estimate of drug-likeness (QED) is 0.485. The Hall–Kier alpha value is -4.61. The maximum absolute atomic E-state index is 13.4.